The topological polar surface area (TPSA) is 65.1 Å². The van der Waals surface area contributed by atoms with E-state index in [-0.39, 0.29) is 12.0 Å². The van der Waals surface area contributed by atoms with E-state index in [0.29, 0.717) is 18.0 Å². The Labute approximate surface area is 133 Å². The Bertz CT molecular complexity index is 715. The number of carbonyl (C=O) groups excluding carboxylic acids is 2. The number of fused-ring (bicyclic) bond motifs is 1. The van der Waals surface area contributed by atoms with E-state index in [1.807, 2.05) is 30.4 Å². The number of anilines is 1. The molecule has 2 fully saturated rings. The zero-order valence-corrected chi connectivity index (χ0v) is 12.9. The molecule has 1 spiro atoms. The molecular weight excluding hydrogens is 298 g/mol. The fourth-order valence-corrected chi connectivity index (χ4v) is 3.96. The van der Waals surface area contributed by atoms with E-state index < -0.39 is 23.4 Å². The van der Waals surface area contributed by atoms with Crippen LogP contribution in [0.5, 0.6) is 5.75 Å². The molecule has 2 bridgehead atoms. The Hall–Kier alpha value is -2.34. The van der Waals surface area contributed by atoms with Crippen LogP contribution >= 0.6 is 0 Å². The number of methoxy groups -OCH3 is 2. The van der Waals surface area contributed by atoms with Gasteiger partial charge in [0.1, 0.15) is 17.3 Å². The molecule has 1 aromatic rings. The van der Waals surface area contributed by atoms with Crippen LogP contribution < -0.4 is 9.64 Å². The number of amides is 1. The highest BCUT2D eigenvalue weighted by Crippen LogP contribution is 2.53. The summed E-state index contributed by atoms with van der Waals surface area (Å²) in [7, 11) is 2.90. The Morgan fingerprint density at radius 2 is 2.13 bits per heavy atom. The quantitative estimate of drug-likeness (QED) is 0.618. The zero-order chi connectivity index (χ0) is 16.2. The second-order valence-corrected chi connectivity index (χ2v) is 6.02. The average Bonchev–Trinajstić information content (AvgIpc) is 3.22. The smallest absolute Gasteiger partial charge is 0.312 e. The predicted octanol–water partition coefficient (Wildman–Crippen LogP) is 1.15. The number of nitrogens with zero attached hydrogens (tertiary/aromatic N) is 1. The van der Waals surface area contributed by atoms with Crippen LogP contribution in [0.1, 0.15) is 0 Å². The molecule has 4 rings (SSSR count). The number of carbonyl (C=O) groups is 2. The minimum atomic E-state index is -0.749. The number of esters is 1. The highest BCUT2D eigenvalue weighted by molar-refractivity contribution is 6.03. The molecule has 0 unspecified atom stereocenters. The Kier molecular flexibility index (Phi) is 2.99. The highest BCUT2D eigenvalue weighted by Gasteiger charge is 2.67. The third-order valence-electron chi connectivity index (χ3n) is 4.95. The first-order valence-electron chi connectivity index (χ1n) is 7.51. The summed E-state index contributed by atoms with van der Waals surface area (Å²) < 4.78 is 16.2. The maximum absolute atomic E-state index is 13.0. The van der Waals surface area contributed by atoms with Crippen LogP contribution in [-0.4, -0.2) is 44.3 Å². The van der Waals surface area contributed by atoms with Gasteiger partial charge in [-0.15, -0.1) is 0 Å². The molecule has 0 N–H and O–H groups in total. The number of hydrogen-bond acceptors (Lipinski definition) is 5. The van der Waals surface area contributed by atoms with Crippen LogP contribution in [0.25, 0.3) is 0 Å². The van der Waals surface area contributed by atoms with E-state index in [1.54, 1.807) is 18.1 Å². The van der Waals surface area contributed by atoms with Crippen molar-refractivity contribution in [1.29, 1.82) is 0 Å². The SMILES string of the molecule is COC(=O)[C@@H]1[C@H]2C(=O)N(c3ccccc3OC)C[C@@]23C=C[C@H]1O3. The maximum Gasteiger partial charge on any atom is 0.312 e. The maximum atomic E-state index is 13.0. The molecule has 4 atom stereocenters. The molecule has 3 aliphatic rings. The van der Waals surface area contributed by atoms with E-state index >= 15 is 0 Å². The highest BCUT2D eigenvalue weighted by atomic mass is 16.5. The van der Waals surface area contributed by atoms with Crippen LogP contribution in [0.4, 0.5) is 5.69 Å². The molecule has 0 radical (unpaired) electrons. The van der Waals surface area contributed by atoms with Crippen LogP contribution in [0.3, 0.4) is 0 Å². The predicted molar refractivity (Wildman–Crippen MR) is 81.1 cm³/mol. The van der Waals surface area contributed by atoms with E-state index in [9.17, 15) is 9.59 Å². The van der Waals surface area contributed by atoms with Crippen molar-refractivity contribution < 1.29 is 23.8 Å². The molecule has 6 nitrogen and oxygen atoms in total. The van der Waals surface area contributed by atoms with Gasteiger partial charge in [-0.1, -0.05) is 24.3 Å². The van der Waals surface area contributed by atoms with Gasteiger partial charge in [0.15, 0.2) is 0 Å². The van der Waals surface area contributed by atoms with E-state index in [4.69, 9.17) is 14.2 Å². The van der Waals surface area contributed by atoms with Crippen LogP contribution in [0.2, 0.25) is 0 Å². The summed E-state index contributed by atoms with van der Waals surface area (Å²) in [6.07, 6.45) is 3.39. The molecule has 1 aromatic carbocycles. The van der Waals surface area contributed by atoms with Gasteiger partial charge in [-0.2, -0.15) is 0 Å². The van der Waals surface area contributed by atoms with Crippen molar-refractivity contribution in [2.24, 2.45) is 11.8 Å². The van der Waals surface area contributed by atoms with E-state index in [0.717, 1.165) is 0 Å². The number of rotatable bonds is 3. The van der Waals surface area contributed by atoms with Gasteiger partial charge >= 0.3 is 5.97 Å². The lowest BCUT2D eigenvalue weighted by atomic mass is 9.77. The van der Waals surface area contributed by atoms with E-state index in [1.165, 1.54) is 7.11 Å². The van der Waals surface area contributed by atoms with Crippen LogP contribution in [-0.2, 0) is 19.1 Å². The normalized spacial score (nSPS) is 33.9. The second-order valence-electron chi connectivity index (χ2n) is 6.02. The Balaban J connectivity index is 1.75. The lowest BCUT2D eigenvalue weighted by molar-refractivity contribution is -0.149. The third-order valence-corrected chi connectivity index (χ3v) is 4.95. The van der Waals surface area contributed by atoms with Crippen molar-refractivity contribution in [3.05, 3.63) is 36.4 Å². The Morgan fingerprint density at radius 1 is 1.35 bits per heavy atom. The summed E-state index contributed by atoms with van der Waals surface area (Å²) >= 11 is 0. The number of benzene rings is 1. The standard InChI is InChI=1S/C17H17NO5/c1-21-11-6-4-3-5-10(11)18-9-17-8-7-12(23-17)13(16(20)22-2)14(17)15(18)19/h3-8,12-14H,9H2,1-2H3/t12-,13+,14+,17+/m1/s1. The number of hydrogen-bond donors (Lipinski definition) is 0. The number of para-hydroxylation sites is 2. The van der Waals surface area contributed by atoms with Crippen molar-refractivity contribution >= 4 is 17.6 Å². The second kappa shape index (κ2) is 4.83. The van der Waals surface area contributed by atoms with Crippen LogP contribution in [0, 0.1) is 11.8 Å². The zero-order valence-electron chi connectivity index (χ0n) is 12.9. The summed E-state index contributed by atoms with van der Waals surface area (Å²) in [5.74, 6) is -1.05. The molecule has 0 saturated carbocycles. The van der Waals surface area contributed by atoms with Gasteiger partial charge in [0.05, 0.1) is 38.5 Å². The van der Waals surface area contributed by atoms with Crippen LogP contribution in [0.15, 0.2) is 36.4 Å². The minimum absolute atomic E-state index is 0.128. The molecule has 23 heavy (non-hydrogen) atoms. The summed E-state index contributed by atoms with van der Waals surface area (Å²) in [4.78, 5) is 26.8. The van der Waals surface area contributed by atoms with Crippen molar-refractivity contribution in [3.63, 3.8) is 0 Å². The average molecular weight is 315 g/mol. The van der Waals surface area contributed by atoms with Crippen molar-refractivity contribution in [2.75, 3.05) is 25.7 Å². The molecule has 120 valence electrons. The number of ether oxygens (including phenoxy) is 3. The van der Waals surface area contributed by atoms with Crippen molar-refractivity contribution in [2.45, 2.75) is 11.7 Å². The fraction of sp³-hybridized carbons (Fsp3) is 0.412. The monoisotopic (exact) mass is 315 g/mol. The van der Waals surface area contributed by atoms with Crippen molar-refractivity contribution in [3.8, 4) is 5.75 Å². The van der Waals surface area contributed by atoms with Gasteiger partial charge in [-0.05, 0) is 12.1 Å². The lowest BCUT2D eigenvalue weighted by Gasteiger charge is -2.22. The molecule has 6 heteroatoms. The largest absolute Gasteiger partial charge is 0.495 e. The van der Waals surface area contributed by atoms with Gasteiger partial charge in [-0.3, -0.25) is 9.59 Å². The molecule has 2 saturated heterocycles. The summed E-state index contributed by atoms with van der Waals surface area (Å²) in [5, 5.41) is 0. The molecule has 1 amide bonds. The minimum Gasteiger partial charge on any atom is -0.495 e. The third kappa shape index (κ3) is 1.78. The molecule has 0 aliphatic carbocycles. The molecule has 3 heterocycles. The van der Waals surface area contributed by atoms with E-state index in [2.05, 4.69) is 0 Å². The lowest BCUT2D eigenvalue weighted by Crippen LogP contribution is -2.39. The fourth-order valence-electron chi connectivity index (χ4n) is 3.96. The van der Waals surface area contributed by atoms with Gasteiger partial charge < -0.3 is 19.1 Å². The first-order chi connectivity index (χ1) is 11.1. The van der Waals surface area contributed by atoms with Gasteiger partial charge in [0, 0.05) is 0 Å². The Morgan fingerprint density at radius 3 is 2.87 bits per heavy atom. The van der Waals surface area contributed by atoms with Gasteiger partial charge in [0.25, 0.3) is 0 Å². The first kappa shape index (κ1) is 14.3. The molecule has 3 aliphatic heterocycles. The first-order valence-corrected chi connectivity index (χ1v) is 7.51. The van der Waals surface area contributed by atoms with Gasteiger partial charge in [0.2, 0.25) is 5.91 Å². The summed E-state index contributed by atoms with van der Waals surface area (Å²) in [5.41, 5.74) is -0.0607. The summed E-state index contributed by atoms with van der Waals surface area (Å²) in [6.45, 7) is 0.372. The van der Waals surface area contributed by atoms with Gasteiger partial charge in [-0.25, -0.2) is 0 Å². The summed E-state index contributed by atoms with van der Waals surface area (Å²) in [6, 6.07) is 7.34. The molecule has 0 aromatic heterocycles. The van der Waals surface area contributed by atoms with Crippen molar-refractivity contribution in [1.82, 2.24) is 0 Å². The molecular formula is C17H17NO5.